The Hall–Kier alpha value is -3.24. The van der Waals surface area contributed by atoms with Crippen LogP contribution in [0, 0.1) is 0 Å². The minimum atomic E-state index is -0.107. The minimum absolute atomic E-state index is 0.107. The zero-order valence-electron chi connectivity index (χ0n) is 16.3. The van der Waals surface area contributed by atoms with Gasteiger partial charge in [0.2, 0.25) is 5.91 Å². The molecular formula is C21H17N7OS2. The van der Waals surface area contributed by atoms with Crippen molar-refractivity contribution >= 4 is 57.0 Å². The van der Waals surface area contributed by atoms with Crippen LogP contribution in [0.3, 0.4) is 0 Å². The largest absolute Gasteiger partial charge is 0.360 e. The summed E-state index contributed by atoms with van der Waals surface area (Å²) in [6.07, 6.45) is 4.19. The number of aromatic nitrogens is 4. The summed E-state index contributed by atoms with van der Waals surface area (Å²) in [6.45, 7) is 0. The van der Waals surface area contributed by atoms with Crippen LogP contribution in [0.1, 0.15) is 18.9 Å². The number of aromatic amines is 1. The van der Waals surface area contributed by atoms with Gasteiger partial charge in [-0.15, -0.1) is 10.2 Å². The first-order chi connectivity index (χ1) is 15.3. The summed E-state index contributed by atoms with van der Waals surface area (Å²) in [5.74, 6) is 0.984. The van der Waals surface area contributed by atoms with Crippen LogP contribution < -0.4 is 5.32 Å². The topological polar surface area (TPSA) is 100 Å². The molecule has 2 aromatic carbocycles. The maximum atomic E-state index is 12.6. The fourth-order valence-electron chi connectivity index (χ4n) is 3.70. The van der Waals surface area contributed by atoms with E-state index in [0.29, 0.717) is 17.4 Å². The summed E-state index contributed by atoms with van der Waals surface area (Å²) >= 11 is 2.55. The summed E-state index contributed by atoms with van der Waals surface area (Å²) in [7, 11) is 0. The van der Waals surface area contributed by atoms with Crippen LogP contribution in [0.25, 0.3) is 22.3 Å². The molecule has 31 heavy (non-hydrogen) atoms. The van der Waals surface area contributed by atoms with E-state index >= 15 is 0 Å². The van der Waals surface area contributed by atoms with Gasteiger partial charge in [-0.3, -0.25) is 9.36 Å². The number of anilines is 1. The maximum Gasteiger partial charge on any atom is 0.234 e. The van der Waals surface area contributed by atoms with Crippen LogP contribution in [-0.4, -0.2) is 31.4 Å². The van der Waals surface area contributed by atoms with Crippen LogP contribution in [0.15, 0.2) is 62.5 Å². The summed E-state index contributed by atoms with van der Waals surface area (Å²) < 4.78 is 10.7. The first-order valence-corrected chi connectivity index (χ1v) is 11.6. The summed E-state index contributed by atoms with van der Waals surface area (Å²) in [5, 5.41) is 13.7. The highest BCUT2D eigenvalue weighted by Gasteiger charge is 2.31. The lowest BCUT2D eigenvalue weighted by molar-refractivity contribution is -0.113. The molecule has 4 aromatic rings. The zero-order chi connectivity index (χ0) is 20.8. The molecular weight excluding hydrogens is 430 g/mol. The van der Waals surface area contributed by atoms with Gasteiger partial charge in [-0.2, -0.15) is 8.73 Å². The number of hydrogen-bond acceptors (Lipinski definition) is 6. The Kier molecular flexibility index (Phi) is 4.46. The average Bonchev–Trinajstić information content (AvgIpc) is 3.18. The van der Waals surface area contributed by atoms with E-state index in [1.165, 1.54) is 11.8 Å². The Bertz CT molecular complexity index is 1400. The van der Waals surface area contributed by atoms with Crippen molar-refractivity contribution in [1.82, 2.24) is 19.7 Å². The molecule has 2 N–H and O–H groups in total. The van der Waals surface area contributed by atoms with Crippen LogP contribution in [0.2, 0.25) is 0 Å². The highest BCUT2D eigenvalue weighted by Crippen LogP contribution is 2.42. The predicted molar refractivity (Wildman–Crippen MR) is 123 cm³/mol. The first kappa shape index (κ1) is 18.5. The van der Waals surface area contributed by atoms with Crippen molar-refractivity contribution in [3.63, 3.8) is 0 Å². The second kappa shape index (κ2) is 7.47. The molecule has 1 amide bonds. The molecule has 0 saturated heterocycles. The Labute approximate surface area is 185 Å². The van der Waals surface area contributed by atoms with Gasteiger partial charge in [-0.25, -0.2) is 0 Å². The van der Waals surface area contributed by atoms with Gasteiger partial charge in [0.1, 0.15) is 11.4 Å². The second-order valence-electron chi connectivity index (χ2n) is 7.43. The predicted octanol–water partition coefficient (Wildman–Crippen LogP) is 5.22. The number of hydrogen-bond donors (Lipinski definition) is 2. The molecule has 6 rings (SSSR count). The molecule has 8 nitrogen and oxygen atoms in total. The van der Waals surface area contributed by atoms with Crippen molar-refractivity contribution in [1.29, 1.82) is 0 Å². The molecule has 0 atom stereocenters. The lowest BCUT2D eigenvalue weighted by Gasteiger charge is -2.09. The number of thioether (sulfide) groups is 1. The third-order valence-electron chi connectivity index (χ3n) is 5.30. The molecule has 1 aliphatic carbocycles. The van der Waals surface area contributed by atoms with E-state index in [9.17, 15) is 4.79 Å². The van der Waals surface area contributed by atoms with E-state index in [1.807, 2.05) is 36.5 Å². The lowest BCUT2D eigenvalue weighted by Crippen LogP contribution is -2.14. The normalized spacial score (nSPS) is 14.6. The number of nitrogens with zero attached hydrogens (tertiary/aromatic N) is 5. The third kappa shape index (κ3) is 3.37. The standard InChI is InChI=1S/C21H17N7OS2/c29-18(23-16-6-3-7-17-19(16)27-31-26-17)11-30-21-25-24-20(28(21)12-8-9-12)14-10-22-15-5-2-1-4-13(14)15/h1-7,10,12,22H,8-9,11H2,(H,23,29). The molecule has 0 spiro atoms. The van der Waals surface area contributed by atoms with Crippen LogP contribution >= 0.6 is 11.8 Å². The van der Waals surface area contributed by atoms with Gasteiger partial charge in [0.25, 0.3) is 0 Å². The molecule has 3 heterocycles. The van der Waals surface area contributed by atoms with E-state index < -0.39 is 0 Å². The number of nitrogens with one attached hydrogen (secondary N) is 2. The minimum Gasteiger partial charge on any atom is -0.360 e. The van der Waals surface area contributed by atoms with E-state index in [0.717, 1.165) is 57.3 Å². The number of amides is 1. The van der Waals surface area contributed by atoms with Gasteiger partial charge < -0.3 is 10.3 Å². The first-order valence-electron chi connectivity index (χ1n) is 9.93. The van der Waals surface area contributed by atoms with Crippen molar-refractivity contribution < 1.29 is 4.79 Å². The maximum absolute atomic E-state index is 12.6. The van der Waals surface area contributed by atoms with Gasteiger partial charge >= 0.3 is 0 Å². The van der Waals surface area contributed by atoms with Crippen LogP contribution in [0.5, 0.6) is 0 Å². The Morgan fingerprint density at radius 2 is 2.06 bits per heavy atom. The summed E-state index contributed by atoms with van der Waals surface area (Å²) in [4.78, 5) is 15.9. The van der Waals surface area contributed by atoms with Gasteiger partial charge in [-0.05, 0) is 31.0 Å². The molecule has 0 radical (unpaired) electrons. The van der Waals surface area contributed by atoms with Crippen molar-refractivity contribution in [3.05, 3.63) is 48.7 Å². The Morgan fingerprint density at radius 3 is 2.97 bits per heavy atom. The zero-order valence-corrected chi connectivity index (χ0v) is 17.9. The molecule has 0 unspecified atom stereocenters. The number of para-hydroxylation sites is 1. The summed E-state index contributed by atoms with van der Waals surface area (Å²) in [6, 6.07) is 14.1. The van der Waals surface area contributed by atoms with E-state index in [-0.39, 0.29) is 11.7 Å². The van der Waals surface area contributed by atoms with E-state index in [2.05, 4.69) is 45.9 Å². The van der Waals surface area contributed by atoms with E-state index in [4.69, 9.17) is 0 Å². The molecule has 10 heteroatoms. The molecule has 0 bridgehead atoms. The monoisotopic (exact) mass is 447 g/mol. The fraction of sp³-hybridized carbons (Fsp3) is 0.190. The Morgan fingerprint density at radius 1 is 1.16 bits per heavy atom. The number of rotatable bonds is 6. The summed E-state index contributed by atoms with van der Waals surface area (Å²) in [5.41, 5.74) is 4.29. The van der Waals surface area contributed by atoms with Crippen LogP contribution in [0.4, 0.5) is 17.1 Å². The SMILES string of the molecule is O=C(CSc1nnc(-c2c[nH]c3ccccc23)n1C1CC1)Nc1cccc2c1N=S=N2. The van der Waals surface area contributed by atoms with Gasteiger partial charge in [0, 0.05) is 28.7 Å². The van der Waals surface area contributed by atoms with E-state index in [1.54, 1.807) is 0 Å². The van der Waals surface area contributed by atoms with Crippen molar-refractivity contribution in [2.75, 3.05) is 11.1 Å². The third-order valence-corrected chi connectivity index (χ3v) is 6.78. The number of fused-ring (bicyclic) bond motifs is 2. The molecule has 2 aromatic heterocycles. The highest BCUT2D eigenvalue weighted by atomic mass is 32.2. The number of carbonyl (C=O) groups excluding carboxylic acids is 1. The number of benzene rings is 2. The fourth-order valence-corrected chi connectivity index (χ4v) is 5.06. The smallest absolute Gasteiger partial charge is 0.234 e. The molecule has 1 fully saturated rings. The Balaban J connectivity index is 1.23. The molecule has 2 aliphatic rings. The number of H-pyrrole nitrogens is 1. The van der Waals surface area contributed by atoms with Crippen molar-refractivity contribution in [3.8, 4) is 11.4 Å². The number of carbonyl (C=O) groups is 1. The van der Waals surface area contributed by atoms with Crippen molar-refractivity contribution in [2.24, 2.45) is 8.73 Å². The quantitative estimate of drug-likeness (QED) is 0.349. The lowest BCUT2D eigenvalue weighted by atomic mass is 10.1. The van der Waals surface area contributed by atoms with Gasteiger partial charge in [0.15, 0.2) is 11.0 Å². The second-order valence-corrected chi connectivity index (χ2v) is 8.90. The molecule has 154 valence electrons. The van der Waals surface area contributed by atoms with Gasteiger partial charge in [-0.1, -0.05) is 36.0 Å². The average molecular weight is 448 g/mol. The van der Waals surface area contributed by atoms with Crippen LogP contribution in [-0.2, 0) is 16.1 Å². The molecule has 1 aliphatic heterocycles. The van der Waals surface area contributed by atoms with Gasteiger partial charge in [0.05, 0.1) is 22.8 Å². The highest BCUT2D eigenvalue weighted by molar-refractivity contribution is 7.99. The van der Waals surface area contributed by atoms with Crippen molar-refractivity contribution in [2.45, 2.75) is 24.0 Å². The molecule has 1 saturated carbocycles.